The lowest BCUT2D eigenvalue weighted by molar-refractivity contribution is -0.123. The molecule has 0 saturated heterocycles. The quantitative estimate of drug-likeness (QED) is 0.725. The number of hydrogen-bond donors (Lipinski definition) is 2. The third kappa shape index (κ3) is 4.95. The third-order valence-corrected chi connectivity index (χ3v) is 2.27. The van der Waals surface area contributed by atoms with Crippen molar-refractivity contribution in [2.75, 3.05) is 6.54 Å². The second-order valence-corrected chi connectivity index (χ2v) is 4.42. The van der Waals surface area contributed by atoms with Crippen LogP contribution in [0.15, 0.2) is 6.33 Å². The van der Waals surface area contributed by atoms with E-state index in [1.54, 1.807) is 11.0 Å². The number of nitrogens with one attached hydrogen (secondary N) is 2. The number of carbonyl (C=O) groups is 1. The molecule has 6 nitrogen and oxygen atoms in total. The fourth-order valence-corrected chi connectivity index (χ4v) is 1.40. The highest BCUT2D eigenvalue weighted by atomic mass is 16.2. The summed E-state index contributed by atoms with van der Waals surface area (Å²) in [7, 11) is 1.84. The summed E-state index contributed by atoms with van der Waals surface area (Å²) in [5, 5.41) is 10.2. The van der Waals surface area contributed by atoms with Gasteiger partial charge in [0.2, 0.25) is 5.91 Å². The minimum absolute atomic E-state index is 0.0222. The molecule has 0 aromatic carbocycles. The van der Waals surface area contributed by atoms with Gasteiger partial charge in [0.1, 0.15) is 6.33 Å². The van der Waals surface area contributed by atoms with Crippen molar-refractivity contribution in [2.45, 2.75) is 39.3 Å². The molecule has 1 heterocycles. The molecule has 96 valence electrons. The van der Waals surface area contributed by atoms with Crippen LogP contribution < -0.4 is 10.6 Å². The van der Waals surface area contributed by atoms with Gasteiger partial charge in [-0.05, 0) is 20.8 Å². The summed E-state index contributed by atoms with van der Waals surface area (Å²) in [6.45, 7) is 6.44. The summed E-state index contributed by atoms with van der Waals surface area (Å²) in [6, 6.07) is -0.0229. The molecule has 6 heteroatoms. The fourth-order valence-electron chi connectivity index (χ4n) is 1.40. The molecule has 1 rings (SSSR count). The standard InChI is InChI=1S/C11H21N5O/c1-8(2)14-11(17)9(3)12-6-5-10-13-7-16(4)15-10/h7-9,12H,5-6H2,1-4H3,(H,14,17). The van der Waals surface area contributed by atoms with Crippen LogP contribution in [-0.4, -0.2) is 39.3 Å². The molecule has 1 atom stereocenters. The van der Waals surface area contributed by atoms with Crippen molar-refractivity contribution in [3.05, 3.63) is 12.2 Å². The van der Waals surface area contributed by atoms with E-state index in [2.05, 4.69) is 20.7 Å². The van der Waals surface area contributed by atoms with Gasteiger partial charge in [-0.1, -0.05) is 0 Å². The predicted octanol–water partition coefficient (Wildman–Crippen LogP) is -0.140. The fraction of sp³-hybridized carbons (Fsp3) is 0.727. The molecule has 17 heavy (non-hydrogen) atoms. The van der Waals surface area contributed by atoms with E-state index in [-0.39, 0.29) is 18.0 Å². The molecular weight excluding hydrogens is 218 g/mol. The third-order valence-electron chi connectivity index (χ3n) is 2.27. The van der Waals surface area contributed by atoms with Crippen LogP contribution in [0.1, 0.15) is 26.6 Å². The van der Waals surface area contributed by atoms with E-state index in [9.17, 15) is 4.79 Å². The average molecular weight is 239 g/mol. The van der Waals surface area contributed by atoms with Crippen molar-refractivity contribution in [3.8, 4) is 0 Å². The maximum Gasteiger partial charge on any atom is 0.237 e. The zero-order valence-corrected chi connectivity index (χ0v) is 10.9. The second kappa shape index (κ2) is 6.34. The molecule has 1 unspecified atom stereocenters. The number of aromatic nitrogens is 3. The van der Waals surface area contributed by atoms with E-state index in [1.165, 1.54) is 0 Å². The highest BCUT2D eigenvalue weighted by molar-refractivity contribution is 5.81. The molecule has 0 bridgehead atoms. The Kier molecular flexibility index (Phi) is 5.09. The minimum atomic E-state index is -0.193. The number of aryl methyl sites for hydroxylation is 1. The molecule has 0 saturated carbocycles. The van der Waals surface area contributed by atoms with E-state index in [0.717, 1.165) is 12.2 Å². The molecule has 0 aliphatic carbocycles. The van der Waals surface area contributed by atoms with E-state index < -0.39 is 0 Å². The van der Waals surface area contributed by atoms with Crippen LogP contribution in [0.4, 0.5) is 0 Å². The lowest BCUT2D eigenvalue weighted by Gasteiger charge is -2.15. The number of rotatable bonds is 6. The monoisotopic (exact) mass is 239 g/mol. The summed E-state index contributed by atoms with van der Waals surface area (Å²) < 4.78 is 1.67. The van der Waals surface area contributed by atoms with Crippen LogP contribution >= 0.6 is 0 Å². The summed E-state index contributed by atoms with van der Waals surface area (Å²) in [4.78, 5) is 15.7. The first-order chi connectivity index (χ1) is 7.99. The van der Waals surface area contributed by atoms with Crippen molar-refractivity contribution in [1.29, 1.82) is 0 Å². The molecule has 2 N–H and O–H groups in total. The topological polar surface area (TPSA) is 71.8 Å². The van der Waals surface area contributed by atoms with Gasteiger partial charge >= 0.3 is 0 Å². The smallest absolute Gasteiger partial charge is 0.237 e. The van der Waals surface area contributed by atoms with Crippen molar-refractivity contribution < 1.29 is 4.79 Å². The number of amides is 1. The first-order valence-electron chi connectivity index (χ1n) is 5.87. The predicted molar refractivity (Wildman–Crippen MR) is 65.5 cm³/mol. The minimum Gasteiger partial charge on any atom is -0.353 e. The van der Waals surface area contributed by atoms with Gasteiger partial charge < -0.3 is 10.6 Å². The van der Waals surface area contributed by atoms with E-state index >= 15 is 0 Å². The summed E-state index contributed by atoms with van der Waals surface area (Å²) in [6.07, 6.45) is 2.39. The maximum atomic E-state index is 11.6. The summed E-state index contributed by atoms with van der Waals surface area (Å²) in [5.74, 6) is 0.811. The number of carbonyl (C=O) groups excluding carboxylic acids is 1. The van der Waals surface area contributed by atoms with Crippen molar-refractivity contribution >= 4 is 5.91 Å². The Bertz CT molecular complexity index is 360. The van der Waals surface area contributed by atoms with Gasteiger partial charge in [0.05, 0.1) is 6.04 Å². The molecular formula is C11H21N5O. The Balaban J connectivity index is 2.24. The molecule has 0 spiro atoms. The lowest BCUT2D eigenvalue weighted by atomic mass is 10.2. The Morgan fingerprint density at radius 3 is 2.71 bits per heavy atom. The Hall–Kier alpha value is -1.43. The number of hydrogen-bond acceptors (Lipinski definition) is 4. The normalized spacial score (nSPS) is 12.8. The van der Waals surface area contributed by atoms with Crippen LogP contribution in [0.3, 0.4) is 0 Å². The van der Waals surface area contributed by atoms with Gasteiger partial charge in [-0.2, -0.15) is 5.10 Å². The second-order valence-electron chi connectivity index (χ2n) is 4.42. The Morgan fingerprint density at radius 2 is 2.18 bits per heavy atom. The SMILES string of the molecule is CC(C)NC(=O)C(C)NCCc1ncn(C)n1. The summed E-state index contributed by atoms with van der Waals surface area (Å²) in [5.41, 5.74) is 0. The highest BCUT2D eigenvalue weighted by Gasteiger charge is 2.12. The zero-order valence-electron chi connectivity index (χ0n) is 10.9. The largest absolute Gasteiger partial charge is 0.353 e. The van der Waals surface area contributed by atoms with Crippen LogP contribution in [0.25, 0.3) is 0 Å². The van der Waals surface area contributed by atoms with E-state index in [4.69, 9.17) is 0 Å². The molecule has 1 aromatic rings. The highest BCUT2D eigenvalue weighted by Crippen LogP contribution is 1.90. The Labute approximate surface area is 102 Å². The van der Waals surface area contributed by atoms with Gasteiger partial charge in [0, 0.05) is 26.1 Å². The van der Waals surface area contributed by atoms with Crippen LogP contribution in [-0.2, 0) is 18.3 Å². The van der Waals surface area contributed by atoms with Crippen LogP contribution in [0.2, 0.25) is 0 Å². The van der Waals surface area contributed by atoms with Gasteiger partial charge in [0.15, 0.2) is 5.82 Å². The summed E-state index contributed by atoms with van der Waals surface area (Å²) >= 11 is 0. The molecule has 1 amide bonds. The molecule has 0 aliphatic heterocycles. The van der Waals surface area contributed by atoms with Crippen LogP contribution in [0, 0.1) is 0 Å². The van der Waals surface area contributed by atoms with E-state index in [1.807, 2.05) is 27.8 Å². The zero-order chi connectivity index (χ0) is 12.8. The average Bonchev–Trinajstić information content (AvgIpc) is 2.63. The first-order valence-corrected chi connectivity index (χ1v) is 5.87. The first kappa shape index (κ1) is 13.6. The number of nitrogens with zero attached hydrogens (tertiary/aromatic N) is 3. The van der Waals surface area contributed by atoms with Crippen molar-refractivity contribution in [1.82, 2.24) is 25.4 Å². The molecule has 0 radical (unpaired) electrons. The lowest BCUT2D eigenvalue weighted by Crippen LogP contribution is -2.45. The van der Waals surface area contributed by atoms with Crippen LogP contribution in [0.5, 0.6) is 0 Å². The van der Waals surface area contributed by atoms with Gasteiger partial charge in [-0.15, -0.1) is 0 Å². The van der Waals surface area contributed by atoms with E-state index in [0.29, 0.717) is 6.54 Å². The maximum absolute atomic E-state index is 11.6. The van der Waals surface area contributed by atoms with Gasteiger partial charge in [-0.3, -0.25) is 9.48 Å². The van der Waals surface area contributed by atoms with Gasteiger partial charge in [-0.25, -0.2) is 4.98 Å². The molecule has 0 aliphatic rings. The molecule has 1 aromatic heterocycles. The van der Waals surface area contributed by atoms with Gasteiger partial charge in [0.25, 0.3) is 0 Å². The van der Waals surface area contributed by atoms with Crippen molar-refractivity contribution in [3.63, 3.8) is 0 Å². The Morgan fingerprint density at radius 1 is 1.47 bits per heavy atom. The van der Waals surface area contributed by atoms with Crippen molar-refractivity contribution in [2.24, 2.45) is 7.05 Å². The molecule has 0 fully saturated rings.